The van der Waals surface area contributed by atoms with E-state index in [9.17, 15) is 14.0 Å². The molecule has 2 aliphatic heterocycles. The number of ether oxygens (including phenoxy) is 2. The fourth-order valence-corrected chi connectivity index (χ4v) is 4.15. The molecule has 2 fully saturated rings. The summed E-state index contributed by atoms with van der Waals surface area (Å²) in [4.78, 5) is 28.8. The number of hydrogen-bond donors (Lipinski definition) is 0. The van der Waals surface area contributed by atoms with Gasteiger partial charge in [0.15, 0.2) is 0 Å². The number of amides is 2. The largest absolute Gasteiger partial charge is 0.444 e. The average Bonchev–Trinajstić information content (AvgIpc) is 2.67. The molecule has 0 aromatic heterocycles. The van der Waals surface area contributed by atoms with Gasteiger partial charge in [-0.25, -0.2) is 14.0 Å². The molecule has 2 unspecified atom stereocenters. The Labute approximate surface area is 177 Å². The van der Waals surface area contributed by atoms with Gasteiger partial charge >= 0.3 is 12.2 Å². The van der Waals surface area contributed by atoms with Crippen molar-refractivity contribution in [1.29, 1.82) is 0 Å². The molecule has 30 heavy (non-hydrogen) atoms. The van der Waals surface area contributed by atoms with Gasteiger partial charge in [-0.3, -0.25) is 0 Å². The summed E-state index contributed by atoms with van der Waals surface area (Å²) >= 11 is 0. The molecule has 0 N–H and O–H groups in total. The van der Waals surface area contributed by atoms with Crippen molar-refractivity contribution in [2.24, 2.45) is 0 Å². The lowest BCUT2D eigenvalue weighted by atomic mass is 9.85. The van der Waals surface area contributed by atoms with Crippen molar-refractivity contribution >= 4 is 12.2 Å². The van der Waals surface area contributed by atoms with Crippen LogP contribution in [-0.2, 0) is 15.1 Å². The third-order valence-corrected chi connectivity index (χ3v) is 5.61. The van der Waals surface area contributed by atoms with E-state index in [-0.39, 0.29) is 18.0 Å². The lowest BCUT2D eigenvalue weighted by Gasteiger charge is -2.46. The number of carbonyl (C=O) groups is 2. The zero-order valence-corrected chi connectivity index (χ0v) is 18.0. The maximum Gasteiger partial charge on any atom is 0.410 e. The first-order chi connectivity index (χ1) is 14.1. The van der Waals surface area contributed by atoms with Crippen molar-refractivity contribution in [1.82, 2.24) is 9.80 Å². The molecule has 2 amide bonds. The summed E-state index contributed by atoms with van der Waals surface area (Å²) in [6.07, 6.45) is 3.57. The molecular formula is C23H31FN2O4. The smallest absolute Gasteiger partial charge is 0.410 e. The van der Waals surface area contributed by atoms with Crippen LogP contribution in [0.15, 0.2) is 36.9 Å². The Balaban J connectivity index is 1.71. The summed E-state index contributed by atoms with van der Waals surface area (Å²) in [5.74, 6) is -0.333. The molecule has 3 rings (SSSR count). The summed E-state index contributed by atoms with van der Waals surface area (Å²) < 4.78 is 24.8. The maximum atomic E-state index is 13.4. The molecule has 0 bridgehead atoms. The first-order valence-electron chi connectivity index (χ1n) is 10.5. The number of hydrogen-bond acceptors (Lipinski definition) is 4. The fourth-order valence-electron chi connectivity index (χ4n) is 4.15. The van der Waals surface area contributed by atoms with E-state index in [4.69, 9.17) is 9.47 Å². The first kappa shape index (κ1) is 22.1. The second-order valence-corrected chi connectivity index (χ2v) is 9.03. The van der Waals surface area contributed by atoms with E-state index < -0.39 is 17.3 Å². The van der Waals surface area contributed by atoms with Crippen LogP contribution < -0.4 is 0 Å². The number of benzene rings is 1. The van der Waals surface area contributed by atoms with Gasteiger partial charge in [0.05, 0.1) is 6.04 Å². The van der Waals surface area contributed by atoms with Gasteiger partial charge in [0.25, 0.3) is 0 Å². The minimum Gasteiger partial charge on any atom is -0.444 e. The average molecular weight is 419 g/mol. The van der Waals surface area contributed by atoms with Gasteiger partial charge in [-0.15, -0.1) is 6.58 Å². The van der Waals surface area contributed by atoms with Crippen LogP contribution in [-0.4, -0.2) is 53.3 Å². The van der Waals surface area contributed by atoms with Crippen LogP contribution >= 0.6 is 0 Å². The Bertz CT molecular complexity index is 789. The van der Waals surface area contributed by atoms with Gasteiger partial charge in [-0.05, 0) is 51.3 Å². The molecule has 0 saturated carbocycles. The molecule has 164 valence electrons. The van der Waals surface area contributed by atoms with Crippen molar-refractivity contribution in [3.63, 3.8) is 0 Å². The number of nitrogens with zero attached hydrogens (tertiary/aromatic N) is 2. The molecule has 0 radical (unpaired) electrons. The third-order valence-electron chi connectivity index (χ3n) is 5.61. The summed E-state index contributed by atoms with van der Waals surface area (Å²) in [5, 5.41) is 0. The first-order valence-corrected chi connectivity index (χ1v) is 10.5. The Morgan fingerprint density at radius 3 is 2.63 bits per heavy atom. The lowest BCUT2D eigenvalue weighted by molar-refractivity contribution is -0.0667. The van der Waals surface area contributed by atoms with E-state index in [0.29, 0.717) is 32.5 Å². The van der Waals surface area contributed by atoms with E-state index in [1.165, 1.54) is 12.1 Å². The van der Waals surface area contributed by atoms with Gasteiger partial charge < -0.3 is 19.3 Å². The number of halogens is 1. The third kappa shape index (κ3) is 4.94. The Hall–Kier alpha value is -2.57. The molecule has 0 spiro atoms. The Morgan fingerprint density at radius 2 is 2.03 bits per heavy atom. The van der Waals surface area contributed by atoms with Crippen LogP contribution in [0, 0.1) is 5.82 Å². The van der Waals surface area contributed by atoms with Gasteiger partial charge in [-0.1, -0.05) is 18.2 Å². The molecule has 2 aliphatic rings. The number of carbonyl (C=O) groups excluding carboxylic acids is 2. The maximum absolute atomic E-state index is 13.4. The SMILES string of the molecule is C=CCC1(c2ccc(F)cc2)CCN(C2CCCN(C(=O)OC(C)(C)C)C2)C(=O)O1. The minimum atomic E-state index is -0.845. The van der Waals surface area contributed by atoms with E-state index >= 15 is 0 Å². The predicted molar refractivity (Wildman–Crippen MR) is 112 cm³/mol. The highest BCUT2D eigenvalue weighted by Gasteiger charge is 2.44. The highest BCUT2D eigenvalue weighted by Crippen LogP contribution is 2.39. The molecule has 1 aromatic rings. The molecular weight excluding hydrogens is 387 g/mol. The summed E-state index contributed by atoms with van der Waals surface area (Å²) in [6, 6.07) is 5.95. The van der Waals surface area contributed by atoms with Gasteiger partial charge in [0.2, 0.25) is 0 Å². The van der Waals surface area contributed by atoms with E-state index in [0.717, 1.165) is 18.4 Å². The monoisotopic (exact) mass is 418 g/mol. The van der Waals surface area contributed by atoms with Gasteiger partial charge in [-0.2, -0.15) is 0 Å². The fraction of sp³-hybridized carbons (Fsp3) is 0.565. The van der Waals surface area contributed by atoms with Crippen LogP contribution in [0.25, 0.3) is 0 Å². The normalized spacial score (nSPS) is 24.9. The molecule has 0 aliphatic carbocycles. The molecule has 1 aromatic carbocycles. The van der Waals surface area contributed by atoms with E-state index in [2.05, 4.69) is 6.58 Å². The Kier molecular flexibility index (Phi) is 6.38. The second-order valence-electron chi connectivity index (χ2n) is 9.03. The molecule has 2 saturated heterocycles. The van der Waals surface area contributed by atoms with Crippen LogP contribution in [0.5, 0.6) is 0 Å². The molecule has 6 nitrogen and oxygen atoms in total. The quantitative estimate of drug-likeness (QED) is 0.657. The summed E-state index contributed by atoms with van der Waals surface area (Å²) in [6.45, 7) is 10.8. The zero-order chi connectivity index (χ0) is 21.9. The summed E-state index contributed by atoms with van der Waals surface area (Å²) in [7, 11) is 0. The predicted octanol–water partition coefficient (Wildman–Crippen LogP) is 4.84. The number of cyclic esters (lactones) is 1. The van der Waals surface area contributed by atoms with Crippen LogP contribution in [0.2, 0.25) is 0 Å². The van der Waals surface area contributed by atoms with Gasteiger partial charge in [0.1, 0.15) is 17.0 Å². The van der Waals surface area contributed by atoms with Crippen LogP contribution in [0.1, 0.15) is 52.0 Å². The van der Waals surface area contributed by atoms with E-state index in [1.807, 2.05) is 20.8 Å². The molecule has 7 heteroatoms. The standard InChI is InChI=1S/C23H31FN2O4/c1-5-12-23(17-8-10-18(24)11-9-17)13-15-26(21(28)30-23)19-7-6-14-25(16-19)20(27)29-22(2,3)4/h5,8-11,19H,1,6-7,12-16H2,2-4H3. The van der Waals surface area contributed by atoms with E-state index in [1.54, 1.807) is 28.0 Å². The summed E-state index contributed by atoms with van der Waals surface area (Å²) in [5.41, 5.74) is -0.647. The number of likely N-dealkylation sites (tertiary alicyclic amines) is 1. The van der Waals surface area contributed by atoms with Crippen molar-refractivity contribution in [3.05, 3.63) is 48.3 Å². The topological polar surface area (TPSA) is 59.1 Å². The zero-order valence-electron chi connectivity index (χ0n) is 18.0. The highest BCUT2D eigenvalue weighted by atomic mass is 19.1. The van der Waals surface area contributed by atoms with Crippen LogP contribution in [0.4, 0.5) is 14.0 Å². The Morgan fingerprint density at radius 1 is 1.33 bits per heavy atom. The second kappa shape index (κ2) is 8.66. The van der Waals surface area contributed by atoms with Crippen LogP contribution in [0.3, 0.4) is 0 Å². The molecule has 2 heterocycles. The lowest BCUT2D eigenvalue weighted by Crippen LogP contribution is -2.57. The molecule has 2 atom stereocenters. The van der Waals surface area contributed by atoms with Gasteiger partial charge in [0, 0.05) is 32.5 Å². The number of rotatable bonds is 4. The van der Waals surface area contributed by atoms with Crippen molar-refractivity contribution < 1.29 is 23.5 Å². The highest BCUT2D eigenvalue weighted by molar-refractivity contribution is 5.71. The number of piperidine rings is 1. The van der Waals surface area contributed by atoms with Crippen molar-refractivity contribution in [3.8, 4) is 0 Å². The minimum absolute atomic E-state index is 0.117. The van der Waals surface area contributed by atoms with Crippen molar-refractivity contribution in [2.45, 2.75) is 63.7 Å². The van der Waals surface area contributed by atoms with Crippen molar-refractivity contribution in [2.75, 3.05) is 19.6 Å².